The van der Waals surface area contributed by atoms with E-state index >= 15 is 0 Å². The monoisotopic (exact) mass is 257 g/mol. The summed E-state index contributed by atoms with van der Waals surface area (Å²) in [6.07, 6.45) is -0.581. The molecule has 7 heteroatoms. The van der Waals surface area contributed by atoms with Crippen molar-refractivity contribution in [3.63, 3.8) is 0 Å². The molecule has 2 rings (SSSR count). The molecule has 1 aliphatic rings. The summed E-state index contributed by atoms with van der Waals surface area (Å²) in [5.41, 5.74) is 0. The third-order valence-electron chi connectivity index (χ3n) is 2.56. The lowest BCUT2D eigenvalue weighted by molar-refractivity contribution is -0.155. The quantitative estimate of drug-likeness (QED) is 0.703. The molecule has 1 aromatic heterocycles. The summed E-state index contributed by atoms with van der Waals surface area (Å²) in [6, 6.07) is 0. The first-order valence-corrected chi connectivity index (χ1v) is 6.24. The van der Waals surface area contributed by atoms with Gasteiger partial charge in [-0.25, -0.2) is 0 Å². The third-order valence-corrected chi connectivity index (χ3v) is 2.56. The zero-order chi connectivity index (χ0) is 12.8. The average Bonchev–Trinajstić information content (AvgIpc) is 2.89. The summed E-state index contributed by atoms with van der Waals surface area (Å²) >= 11 is 0. The SMILES string of the molecule is CCOC(OCC)c1nc(N2CCOCC2)no1. The predicted molar refractivity (Wildman–Crippen MR) is 63.3 cm³/mol. The zero-order valence-electron chi connectivity index (χ0n) is 10.8. The van der Waals surface area contributed by atoms with E-state index in [1.165, 1.54) is 0 Å². The highest BCUT2D eigenvalue weighted by atomic mass is 16.7. The maximum Gasteiger partial charge on any atom is 0.285 e. The van der Waals surface area contributed by atoms with Gasteiger partial charge in [0.05, 0.1) is 13.2 Å². The van der Waals surface area contributed by atoms with Crippen molar-refractivity contribution in [1.82, 2.24) is 10.1 Å². The van der Waals surface area contributed by atoms with E-state index in [9.17, 15) is 0 Å². The highest BCUT2D eigenvalue weighted by Gasteiger charge is 2.23. The normalized spacial score (nSPS) is 16.5. The van der Waals surface area contributed by atoms with Gasteiger partial charge in [-0.2, -0.15) is 4.98 Å². The van der Waals surface area contributed by atoms with E-state index in [-0.39, 0.29) is 0 Å². The number of hydrogen-bond donors (Lipinski definition) is 0. The summed E-state index contributed by atoms with van der Waals surface area (Å²) in [4.78, 5) is 6.33. The molecule has 2 heterocycles. The van der Waals surface area contributed by atoms with Crippen molar-refractivity contribution in [2.75, 3.05) is 44.4 Å². The lowest BCUT2D eigenvalue weighted by Crippen LogP contribution is -2.36. The summed E-state index contributed by atoms with van der Waals surface area (Å²) in [5.74, 6) is 0.929. The van der Waals surface area contributed by atoms with Crippen LogP contribution in [0.15, 0.2) is 4.52 Å². The first-order chi connectivity index (χ1) is 8.85. The Labute approximate surface area is 106 Å². The molecule has 7 nitrogen and oxygen atoms in total. The van der Waals surface area contributed by atoms with Gasteiger partial charge in [0.1, 0.15) is 0 Å². The Morgan fingerprint density at radius 3 is 2.50 bits per heavy atom. The molecule has 0 bridgehead atoms. The van der Waals surface area contributed by atoms with Gasteiger partial charge in [-0.1, -0.05) is 0 Å². The molecule has 0 aromatic carbocycles. The minimum absolute atomic E-state index is 0.361. The largest absolute Gasteiger partial charge is 0.378 e. The van der Waals surface area contributed by atoms with E-state index < -0.39 is 6.29 Å². The van der Waals surface area contributed by atoms with Crippen LogP contribution in [0.3, 0.4) is 0 Å². The Bertz CT molecular complexity index is 346. The smallest absolute Gasteiger partial charge is 0.285 e. The number of aromatic nitrogens is 2. The fourth-order valence-electron chi connectivity index (χ4n) is 1.71. The zero-order valence-corrected chi connectivity index (χ0v) is 10.8. The summed E-state index contributed by atoms with van der Waals surface area (Å²) in [6.45, 7) is 7.75. The van der Waals surface area contributed by atoms with Crippen molar-refractivity contribution in [2.24, 2.45) is 0 Å². The number of morpholine rings is 1. The van der Waals surface area contributed by atoms with E-state index in [0.29, 0.717) is 38.3 Å². The number of ether oxygens (including phenoxy) is 3. The van der Waals surface area contributed by atoms with E-state index in [0.717, 1.165) is 13.1 Å². The van der Waals surface area contributed by atoms with Crippen molar-refractivity contribution in [1.29, 1.82) is 0 Å². The first kappa shape index (κ1) is 13.3. The van der Waals surface area contributed by atoms with Crippen LogP contribution in [0.1, 0.15) is 26.0 Å². The Balaban J connectivity index is 2.02. The molecule has 0 saturated carbocycles. The van der Waals surface area contributed by atoms with Crippen LogP contribution >= 0.6 is 0 Å². The topological polar surface area (TPSA) is 69.9 Å². The Kier molecular flexibility index (Phi) is 4.91. The Morgan fingerprint density at radius 2 is 1.89 bits per heavy atom. The van der Waals surface area contributed by atoms with Crippen LogP contribution in [0.2, 0.25) is 0 Å². The van der Waals surface area contributed by atoms with Crippen molar-refractivity contribution in [3.8, 4) is 0 Å². The van der Waals surface area contributed by atoms with E-state index in [2.05, 4.69) is 10.1 Å². The van der Waals surface area contributed by atoms with Crippen molar-refractivity contribution in [3.05, 3.63) is 5.89 Å². The van der Waals surface area contributed by atoms with Crippen molar-refractivity contribution < 1.29 is 18.7 Å². The molecule has 18 heavy (non-hydrogen) atoms. The van der Waals surface area contributed by atoms with Crippen LogP contribution in [-0.2, 0) is 14.2 Å². The van der Waals surface area contributed by atoms with E-state index in [4.69, 9.17) is 18.7 Å². The Morgan fingerprint density at radius 1 is 1.22 bits per heavy atom. The predicted octanol–water partition coefficient (Wildman–Crippen LogP) is 0.978. The molecule has 1 saturated heterocycles. The molecule has 0 radical (unpaired) electrons. The highest BCUT2D eigenvalue weighted by molar-refractivity contribution is 5.28. The molecule has 1 fully saturated rings. The molecule has 1 aliphatic heterocycles. The van der Waals surface area contributed by atoms with Crippen molar-refractivity contribution >= 4 is 5.95 Å². The van der Waals surface area contributed by atoms with Gasteiger partial charge in [-0.05, 0) is 19.0 Å². The van der Waals surface area contributed by atoms with Gasteiger partial charge in [-0.15, -0.1) is 0 Å². The number of hydrogen-bond acceptors (Lipinski definition) is 7. The second kappa shape index (κ2) is 6.67. The van der Waals surface area contributed by atoms with Gasteiger partial charge in [0, 0.05) is 26.3 Å². The molecular weight excluding hydrogens is 238 g/mol. The molecule has 102 valence electrons. The number of nitrogens with zero attached hydrogens (tertiary/aromatic N) is 3. The van der Waals surface area contributed by atoms with Gasteiger partial charge in [-0.3, -0.25) is 0 Å². The van der Waals surface area contributed by atoms with Crippen LogP contribution < -0.4 is 4.90 Å². The molecule has 1 aromatic rings. The van der Waals surface area contributed by atoms with E-state index in [1.54, 1.807) is 0 Å². The van der Waals surface area contributed by atoms with Gasteiger partial charge in [0.15, 0.2) is 0 Å². The highest BCUT2D eigenvalue weighted by Crippen LogP contribution is 2.20. The lowest BCUT2D eigenvalue weighted by Gasteiger charge is -2.24. The fraction of sp³-hybridized carbons (Fsp3) is 0.818. The molecule has 0 aliphatic carbocycles. The molecule has 0 spiro atoms. The van der Waals surface area contributed by atoms with E-state index in [1.807, 2.05) is 18.7 Å². The maximum absolute atomic E-state index is 5.41. The molecular formula is C11H19N3O4. The third kappa shape index (κ3) is 3.18. The minimum Gasteiger partial charge on any atom is -0.378 e. The molecule has 0 unspecified atom stereocenters. The van der Waals surface area contributed by atoms with Gasteiger partial charge < -0.3 is 23.6 Å². The van der Waals surface area contributed by atoms with Gasteiger partial charge >= 0.3 is 0 Å². The summed E-state index contributed by atoms with van der Waals surface area (Å²) in [7, 11) is 0. The maximum atomic E-state index is 5.41. The standard InChI is InChI=1S/C11H19N3O4/c1-3-16-10(17-4-2)9-12-11(13-18-9)14-5-7-15-8-6-14/h10H,3-8H2,1-2H3. The van der Waals surface area contributed by atoms with Crippen LogP contribution in [0.25, 0.3) is 0 Å². The second-order valence-corrected chi connectivity index (χ2v) is 3.77. The number of rotatable bonds is 6. The summed E-state index contributed by atoms with van der Waals surface area (Å²) < 4.78 is 21.3. The van der Waals surface area contributed by atoms with Crippen LogP contribution in [0.4, 0.5) is 5.95 Å². The van der Waals surface area contributed by atoms with Gasteiger partial charge in [0.2, 0.25) is 6.29 Å². The average molecular weight is 257 g/mol. The lowest BCUT2D eigenvalue weighted by atomic mass is 10.4. The molecule has 0 atom stereocenters. The molecule has 0 amide bonds. The van der Waals surface area contributed by atoms with Gasteiger partial charge in [0.25, 0.3) is 11.8 Å². The van der Waals surface area contributed by atoms with Crippen LogP contribution in [-0.4, -0.2) is 49.7 Å². The second-order valence-electron chi connectivity index (χ2n) is 3.77. The van der Waals surface area contributed by atoms with Crippen LogP contribution in [0, 0.1) is 0 Å². The molecule has 0 N–H and O–H groups in total. The Hall–Kier alpha value is -1.18. The van der Waals surface area contributed by atoms with Crippen molar-refractivity contribution in [2.45, 2.75) is 20.1 Å². The van der Waals surface area contributed by atoms with Crippen LogP contribution in [0.5, 0.6) is 0 Å². The first-order valence-electron chi connectivity index (χ1n) is 6.24. The summed E-state index contributed by atoms with van der Waals surface area (Å²) in [5, 5.41) is 3.95. The number of anilines is 1. The minimum atomic E-state index is -0.581. The fourth-order valence-corrected chi connectivity index (χ4v) is 1.71.